The summed E-state index contributed by atoms with van der Waals surface area (Å²) in [4.78, 5) is 11.1. The maximum absolute atomic E-state index is 11.1. The third-order valence-electron chi connectivity index (χ3n) is 3.89. The van der Waals surface area contributed by atoms with Gasteiger partial charge in [-0.15, -0.1) is 0 Å². The zero-order valence-corrected chi connectivity index (χ0v) is 16.1. The molecule has 5 nitrogen and oxygen atoms in total. The van der Waals surface area contributed by atoms with Gasteiger partial charge in [0.25, 0.3) is 0 Å². The molecular weight excluding hydrogens is 366 g/mol. The maximum atomic E-state index is 11.1. The molecule has 0 spiro atoms. The minimum absolute atomic E-state index is 0.0535. The summed E-state index contributed by atoms with van der Waals surface area (Å²) < 4.78 is 10.3. The van der Waals surface area contributed by atoms with E-state index in [1.54, 1.807) is 18.2 Å². The van der Waals surface area contributed by atoms with Crippen LogP contribution in [0.3, 0.4) is 0 Å². The molecule has 0 radical (unpaired) electrons. The van der Waals surface area contributed by atoms with Gasteiger partial charge < -0.3 is 19.9 Å². The van der Waals surface area contributed by atoms with Crippen LogP contribution in [0.25, 0.3) is 6.08 Å². The van der Waals surface area contributed by atoms with Crippen LogP contribution in [0.1, 0.15) is 24.2 Å². The van der Waals surface area contributed by atoms with Crippen molar-refractivity contribution in [1.82, 2.24) is 5.32 Å². The van der Waals surface area contributed by atoms with E-state index in [4.69, 9.17) is 16.3 Å². The van der Waals surface area contributed by atoms with Crippen LogP contribution in [0.5, 0.6) is 5.75 Å². The van der Waals surface area contributed by atoms with Gasteiger partial charge in [-0.1, -0.05) is 35.9 Å². The molecule has 0 heterocycles. The number of ether oxygens (including phenoxy) is 2. The van der Waals surface area contributed by atoms with Crippen molar-refractivity contribution in [2.45, 2.75) is 19.1 Å². The number of methoxy groups -OCH3 is 1. The number of carbonyl (C=O) groups excluding carboxylic acids is 1. The van der Waals surface area contributed by atoms with Gasteiger partial charge in [0, 0.05) is 23.7 Å². The van der Waals surface area contributed by atoms with E-state index < -0.39 is 12.1 Å². The highest BCUT2D eigenvalue weighted by atomic mass is 35.5. The molecule has 0 saturated heterocycles. The van der Waals surface area contributed by atoms with E-state index in [0.717, 1.165) is 16.9 Å². The molecule has 6 heteroatoms. The topological polar surface area (TPSA) is 67.8 Å². The number of nitrogens with one attached hydrogen (secondary N) is 1. The van der Waals surface area contributed by atoms with Crippen LogP contribution < -0.4 is 10.1 Å². The van der Waals surface area contributed by atoms with E-state index in [1.165, 1.54) is 13.2 Å². The summed E-state index contributed by atoms with van der Waals surface area (Å²) >= 11 is 5.94. The number of hydrogen-bond acceptors (Lipinski definition) is 5. The van der Waals surface area contributed by atoms with Crippen molar-refractivity contribution in [3.05, 3.63) is 70.8 Å². The Hall–Kier alpha value is -2.34. The molecule has 2 aromatic rings. The first kappa shape index (κ1) is 21.0. The first-order chi connectivity index (χ1) is 13.0. The molecule has 0 fully saturated rings. The van der Waals surface area contributed by atoms with Crippen LogP contribution in [-0.2, 0) is 9.53 Å². The standard InChI is InChI=1S/C21H24ClNO4/c1-15(23-13-20(24)17-4-3-5-18(22)12-17)14-27-19-9-6-16(7-10-19)8-11-21(25)26-2/h3-12,15,20,23-24H,13-14H2,1-2H3. The fraction of sp³-hybridized carbons (Fsp3) is 0.286. The van der Waals surface area contributed by atoms with Crippen molar-refractivity contribution in [1.29, 1.82) is 0 Å². The van der Waals surface area contributed by atoms with Crippen molar-refractivity contribution < 1.29 is 19.4 Å². The van der Waals surface area contributed by atoms with E-state index in [2.05, 4.69) is 10.1 Å². The SMILES string of the molecule is COC(=O)C=Cc1ccc(OCC(C)NCC(O)c2cccc(Cl)c2)cc1. The van der Waals surface area contributed by atoms with Crippen molar-refractivity contribution >= 4 is 23.6 Å². The smallest absolute Gasteiger partial charge is 0.330 e. The second-order valence-electron chi connectivity index (χ2n) is 6.12. The second kappa shape index (κ2) is 10.7. The van der Waals surface area contributed by atoms with Crippen LogP contribution in [0.15, 0.2) is 54.6 Å². The molecule has 2 unspecified atom stereocenters. The molecule has 2 aromatic carbocycles. The molecule has 0 bridgehead atoms. The average molecular weight is 390 g/mol. The summed E-state index contributed by atoms with van der Waals surface area (Å²) in [6.45, 7) is 2.85. The van der Waals surface area contributed by atoms with Gasteiger partial charge in [0.2, 0.25) is 0 Å². The fourth-order valence-corrected chi connectivity index (χ4v) is 2.53. The summed E-state index contributed by atoms with van der Waals surface area (Å²) in [5.74, 6) is 0.337. The highest BCUT2D eigenvalue weighted by Gasteiger charge is 2.10. The Labute approximate surface area is 164 Å². The van der Waals surface area contributed by atoms with E-state index in [9.17, 15) is 9.90 Å². The lowest BCUT2D eigenvalue weighted by molar-refractivity contribution is -0.134. The lowest BCUT2D eigenvalue weighted by Crippen LogP contribution is -2.34. The van der Waals surface area contributed by atoms with Gasteiger partial charge in [0.1, 0.15) is 12.4 Å². The van der Waals surface area contributed by atoms with Gasteiger partial charge in [-0.25, -0.2) is 4.79 Å². The molecule has 0 amide bonds. The van der Waals surface area contributed by atoms with E-state index in [-0.39, 0.29) is 6.04 Å². The predicted octanol–water partition coefficient (Wildman–Crippen LogP) is 3.62. The Balaban J connectivity index is 1.75. The summed E-state index contributed by atoms with van der Waals surface area (Å²) in [5, 5.41) is 14.1. The van der Waals surface area contributed by atoms with Crippen molar-refractivity contribution in [2.75, 3.05) is 20.3 Å². The van der Waals surface area contributed by atoms with Gasteiger partial charge in [-0.2, -0.15) is 0 Å². The molecule has 2 N–H and O–H groups in total. The minimum Gasteiger partial charge on any atom is -0.492 e. The third-order valence-corrected chi connectivity index (χ3v) is 4.12. The first-order valence-corrected chi connectivity index (χ1v) is 9.01. The molecule has 0 aliphatic heterocycles. The highest BCUT2D eigenvalue weighted by molar-refractivity contribution is 6.30. The number of aliphatic hydroxyl groups excluding tert-OH is 1. The van der Waals surface area contributed by atoms with E-state index >= 15 is 0 Å². The summed E-state index contributed by atoms with van der Waals surface area (Å²) in [6.07, 6.45) is 2.41. The van der Waals surface area contributed by atoms with Gasteiger partial charge in [0.05, 0.1) is 13.2 Å². The van der Waals surface area contributed by atoms with Crippen LogP contribution in [-0.4, -0.2) is 37.4 Å². The summed E-state index contributed by atoms with van der Waals surface area (Å²) in [7, 11) is 1.34. The molecule has 0 aromatic heterocycles. The lowest BCUT2D eigenvalue weighted by Gasteiger charge is -2.18. The van der Waals surface area contributed by atoms with Crippen LogP contribution in [0, 0.1) is 0 Å². The zero-order valence-electron chi connectivity index (χ0n) is 15.4. The number of esters is 1. The minimum atomic E-state index is -0.632. The monoisotopic (exact) mass is 389 g/mol. The maximum Gasteiger partial charge on any atom is 0.330 e. The first-order valence-electron chi connectivity index (χ1n) is 8.63. The number of aliphatic hydroxyl groups is 1. The van der Waals surface area contributed by atoms with Crippen molar-refractivity contribution in [3.8, 4) is 5.75 Å². The zero-order chi connectivity index (χ0) is 19.6. The predicted molar refractivity (Wildman–Crippen MR) is 107 cm³/mol. The van der Waals surface area contributed by atoms with Gasteiger partial charge >= 0.3 is 5.97 Å². The Kier molecular flexibility index (Phi) is 8.33. The Morgan fingerprint density at radius 1 is 1.26 bits per heavy atom. The Morgan fingerprint density at radius 3 is 2.67 bits per heavy atom. The fourth-order valence-electron chi connectivity index (χ4n) is 2.33. The molecule has 2 rings (SSSR count). The van der Waals surface area contributed by atoms with Crippen LogP contribution in [0.4, 0.5) is 0 Å². The van der Waals surface area contributed by atoms with Crippen molar-refractivity contribution in [2.24, 2.45) is 0 Å². The third kappa shape index (κ3) is 7.43. The number of halogens is 1. The molecule has 0 aliphatic rings. The lowest BCUT2D eigenvalue weighted by atomic mass is 10.1. The van der Waals surface area contributed by atoms with E-state index in [1.807, 2.05) is 43.3 Å². The summed E-state index contributed by atoms with van der Waals surface area (Å²) in [5.41, 5.74) is 1.65. The Bertz CT molecular complexity index is 761. The number of hydrogen-bond donors (Lipinski definition) is 2. The molecule has 0 saturated carbocycles. The van der Waals surface area contributed by atoms with Gasteiger partial charge in [-0.05, 0) is 48.4 Å². The molecule has 0 aliphatic carbocycles. The van der Waals surface area contributed by atoms with Crippen LogP contribution in [0.2, 0.25) is 5.02 Å². The molecule has 2 atom stereocenters. The molecular formula is C21H24ClNO4. The molecule has 27 heavy (non-hydrogen) atoms. The normalized spacial score (nSPS) is 13.3. The average Bonchev–Trinajstić information content (AvgIpc) is 2.69. The number of rotatable bonds is 9. The van der Waals surface area contributed by atoms with Crippen LogP contribution >= 0.6 is 11.6 Å². The largest absolute Gasteiger partial charge is 0.492 e. The van der Waals surface area contributed by atoms with Gasteiger partial charge in [0.15, 0.2) is 0 Å². The van der Waals surface area contributed by atoms with Crippen molar-refractivity contribution in [3.63, 3.8) is 0 Å². The van der Waals surface area contributed by atoms with E-state index in [0.29, 0.717) is 18.2 Å². The highest BCUT2D eigenvalue weighted by Crippen LogP contribution is 2.17. The second-order valence-corrected chi connectivity index (χ2v) is 6.55. The number of benzene rings is 2. The number of carbonyl (C=O) groups is 1. The molecule has 144 valence electrons. The quantitative estimate of drug-likeness (QED) is 0.506. The summed E-state index contributed by atoms with van der Waals surface area (Å²) in [6, 6.07) is 14.6. The van der Waals surface area contributed by atoms with Gasteiger partial charge in [-0.3, -0.25) is 0 Å². The Morgan fingerprint density at radius 2 is 2.00 bits per heavy atom.